The Morgan fingerprint density at radius 2 is 1.06 bits per heavy atom. The molecule has 0 spiro atoms. The van der Waals surface area contributed by atoms with E-state index in [0.29, 0.717) is 6.54 Å². The first-order chi connectivity index (χ1) is 56.4. The highest BCUT2D eigenvalue weighted by Gasteiger charge is 2.01. The largest absolute Gasteiger partial charge is 0.473 e. The predicted molar refractivity (Wildman–Crippen MR) is 454 cm³/mol. The lowest BCUT2D eigenvalue weighted by Gasteiger charge is -2.21. The molecule has 4 N–H and O–H groups in total. The molecular formula is C79H106N26O5S3. The van der Waals surface area contributed by atoms with E-state index in [1.165, 1.54) is 127 Å². The highest BCUT2D eigenvalue weighted by Crippen LogP contribution is 2.02. The smallest absolute Gasteiger partial charge is 0.180 e. The minimum Gasteiger partial charge on any atom is -0.473 e. The number of thiazole rings is 1. The number of pyridine rings is 2. The molecule has 0 atom stereocenters. The van der Waals surface area contributed by atoms with Gasteiger partial charge in [0, 0.05) is 194 Å². The predicted octanol–water partition coefficient (Wildman–Crippen LogP) is 15.1. The van der Waals surface area contributed by atoms with Crippen LogP contribution in [-0.4, -0.2) is 208 Å². The lowest BCUT2D eigenvalue weighted by molar-refractivity contribution is 0.0367. The van der Waals surface area contributed by atoms with Crippen LogP contribution in [0.15, 0.2) is 366 Å². The van der Waals surface area contributed by atoms with Gasteiger partial charge in [0.25, 0.3) is 0 Å². The molecule has 13 aromatic rings. The van der Waals surface area contributed by atoms with Gasteiger partial charge in [-0.05, 0) is 159 Å². The molecular weight excluding hydrogens is 1490 g/mol. The van der Waals surface area contributed by atoms with Crippen LogP contribution >= 0.6 is 34.2 Å². The number of hydrogen-bond donors (Lipinski definition) is 4. The summed E-state index contributed by atoms with van der Waals surface area (Å²) in [5.74, 6) is 0. The van der Waals surface area contributed by atoms with E-state index in [1.807, 2.05) is 137 Å². The zero-order chi connectivity index (χ0) is 80.1. The second-order valence-electron chi connectivity index (χ2n) is 20.5. The maximum atomic E-state index is 5.07. The highest BCUT2D eigenvalue weighted by atomic mass is 32.1. The molecule has 0 radical (unpaired) electrons. The Hall–Kier alpha value is -12.2. The van der Waals surface area contributed by atoms with Crippen LogP contribution < -0.4 is 10.6 Å². The summed E-state index contributed by atoms with van der Waals surface area (Å²) in [6.45, 7) is 13.6. The van der Waals surface area contributed by atoms with Crippen LogP contribution in [0, 0.1) is 0 Å². The normalized spacial score (nSPS) is 13.0. The third-order valence-electron chi connectivity index (χ3n) is 11.7. The summed E-state index contributed by atoms with van der Waals surface area (Å²) in [7, 11) is 2.15. The lowest BCUT2D eigenvalue weighted by atomic mass is 10.2. The van der Waals surface area contributed by atoms with Gasteiger partial charge in [0.05, 0.1) is 62.6 Å². The number of furan rings is 1. The quantitative estimate of drug-likeness (QED) is 0.110. The minimum absolute atomic E-state index is 0.667. The number of likely N-dealkylation sites (N-methyl/N-ethyl adjacent to an activating group) is 1. The summed E-state index contributed by atoms with van der Waals surface area (Å²) in [5.41, 5.74) is 1.79. The number of hydrogen-bond acceptors (Lipinski definition) is 32. The van der Waals surface area contributed by atoms with Gasteiger partial charge < -0.3 is 48.3 Å². The van der Waals surface area contributed by atoms with Crippen molar-refractivity contribution in [3.63, 3.8) is 0 Å². The van der Waals surface area contributed by atoms with Gasteiger partial charge in [-0.25, -0.2) is 44.3 Å². The van der Waals surface area contributed by atoms with E-state index in [9.17, 15) is 0 Å². The summed E-state index contributed by atoms with van der Waals surface area (Å²) in [4.78, 5) is 67.0. The van der Waals surface area contributed by atoms with Crippen LogP contribution in [0.25, 0.3) is 0 Å². The van der Waals surface area contributed by atoms with Crippen molar-refractivity contribution in [2.75, 3.05) is 92.4 Å². The summed E-state index contributed by atoms with van der Waals surface area (Å²) in [5, 5.41) is 28.0. The zero-order valence-electron chi connectivity index (χ0n) is 63.9. The fourth-order valence-corrected chi connectivity index (χ4v) is 7.58. The monoisotopic (exact) mass is 1590 g/mol. The molecule has 13 aromatic heterocycles. The third-order valence-corrected chi connectivity index (χ3v) is 13.4. The maximum Gasteiger partial charge on any atom is 0.180 e. The first kappa shape index (κ1) is 98.9. The topological polar surface area (TPSA) is 384 Å². The van der Waals surface area contributed by atoms with Gasteiger partial charge >= 0.3 is 0 Å². The van der Waals surface area contributed by atoms with Crippen molar-refractivity contribution in [2.45, 2.75) is 51.4 Å². The highest BCUT2D eigenvalue weighted by molar-refractivity contribution is 7.07. The minimum atomic E-state index is 0.667. The molecule has 113 heavy (non-hydrogen) atoms. The molecule has 4 fully saturated rings. The van der Waals surface area contributed by atoms with Gasteiger partial charge in [-0.15, -0.1) is 16.4 Å². The van der Waals surface area contributed by atoms with Gasteiger partial charge in [0.1, 0.15) is 44.2 Å². The maximum absolute atomic E-state index is 5.07. The van der Waals surface area contributed by atoms with E-state index in [1.54, 1.807) is 190 Å². The Kier molecular flexibility index (Phi) is 82.3. The van der Waals surface area contributed by atoms with Crippen molar-refractivity contribution < 1.29 is 22.8 Å². The van der Waals surface area contributed by atoms with Crippen LogP contribution in [0.3, 0.4) is 0 Å². The Morgan fingerprint density at radius 1 is 0.407 bits per heavy atom. The molecule has 600 valence electrons. The van der Waals surface area contributed by atoms with E-state index in [-0.39, 0.29) is 0 Å². The fraction of sp³-hybridized carbons (Fsp3) is 0.278. The molecule has 21 rings (SSSR count). The first-order valence-electron chi connectivity index (χ1n) is 35.8. The van der Waals surface area contributed by atoms with Crippen LogP contribution in [0.1, 0.15) is 51.4 Å². The van der Waals surface area contributed by atoms with Crippen LogP contribution in [-0.2, 0) is 9.47 Å². The van der Waals surface area contributed by atoms with Gasteiger partial charge in [-0.3, -0.25) is 39.9 Å². The number of imidazole rings is 1. The number of piperidine rings is 1. The molecule has 34 heteroatoms. The van der Waals surface area contributed by atoms with Crippen LogP contribution in [0.4, 0.5) is 0 Å². The molecule has 0 saturated carbocycles. The lowest BCUT2D eigenvalue weighted by Crippen LogP contribution is -2.40. The second-order valence-corrected chi connectivity index (χ2v) is 22.8. The number of nitrogens with one attached hydrogen (secondary N) is 4. The molecule has 0 aliphatic carbocycles. The number of rotatable bonds is 0. The average Bonchev–Trinajstić information content (AvgIpc) is 2.14. The number of thiophene rings is 1. The van der Waals surface area contributed by atoms with Gasteiger partial charge in [0.15, 0.2) is 6.39 Å². The van der Waals surface area contributed by atoms with Crippen molar-refractivity contribution in [3.05, 3.63) is 317 Å². The van der Waals surface area contributed by atoms with Crippen molar-refractivity contribution in [1.82, 2.24) is 94.8 Å². The Balaban J connectivity index is 0.000000594. The molecule has 21 heterocycles. The molecule has 0 unspecified atom stereocenters. The van der Waals surface area contributed by atoms with E-state index >= 15 is 0 Å². The summed E-state index contributed by atoms with van der Waals surface area (Å²) >= 11 is 4.78. The zero-order valence-corrected chi connectivity index (χ0v) is 66.3. The number of aromatic nitrogens is 16. The summed E-state index contributed by atoms with van der Waals surface area (Å²) < 4.78 is 26.9. The number of oxazole rings is 1. The number of allylic oxidation sites excluding steroid dienone is 2. The third kappa shape index (κ3) is 92.2. The fourth-order valence-electron chi connectivity index (χ4n) is 6.42. The van der Waals surface area contributed by atoms with Gasteiger partial charge in [-0.2, -0.15) is 16.5 Å². The number of aromatic amines is 2. The van der Waals surface area contributed by atoms with Crippen molar-refractivity contribution in [1.29, 1.82) is 0 Å². The SMILES string of the molecule is C1=CCN=C1.C1=CN=CC1.C1=NC=NC1.C1=NN=NC1.C1CCNCC1.C1CCOCC1.C1COC1.CN1CCNCC1.c1c[nH]cn1.c1cc[nH]c1.c1ccncc1.c1ccncc1.c1ccoc1.c1ccsc1.c1cnccn1.c1cncnc1.c1cnoc1.c1cnsc1.c1cocn1.c1cscn1.c1ncncn1. The van der Waals surface area contributed by atoms with Crippen molar-refractivity contribution >= 4 is 65.4 Å². The summed E-state index contributed by atoms with van der Waals surface area (Å²) in [6, 6.07) is 28.4. The molecule has 31 nitrogen and oxygen atoms in total. The van der Waals surface area contributed by atoms with E-state index < -0.39 is 0 Å². The summed E-state index contributed by atoms with van der Waals surface area (Å²) in [6.07, 6.45) is 72.8. The number of aliphatic imine (C=N–C) groups is 4. The standard InChI is InChI=1S/C5H12N2.C5H11N.2C5H5N.C5H10O.2C4H4N2.3C4H5N.C4H4O.C4H4S.C3H3N3.2C3H4N2.2C3H3NO.2C3H3NS.C3H6O.C2H3N3/c1-7-4-2-6-3-5-7;4*1-2-4-6-5-3-1;1-2-6-4-3-5-1;1-2-5-4-6-3-1;5*1-2-4-5-3-1;1-4-2-6-3-5-1;3*1-2-5-3-4-1;1-2-4-5-3-1;1-2-5-3-4-1;1-2-4-5-3-1;1-2-4-3-1;1-2-4-5-3-1/h6H,2-5H2,1H3;6H,1-5H2;2*1-5H;1-5H2;2*1-4H;1,3-4H,2H2;1-3H,4H2;1-5H;2*1-4H;1-3H;1,3H,2H2;1-3H,(H,4,5);4*1-3H;1-3H2;1H,2H2. The average molecular weight is 1600 g/mol. The molecule has 0 amide bonds. The van der Waals surface area contributed by atoms with Crippen LogP contribution in [0.2, 0.25) is 0 Å². The van der Waals surface area contributed by atoms with E-state index in [4.69, 9.17) is 9.47 Å². The Morgan fingerprint density at radius 3 is 1.24 bits per heavy atom. The number of nitrogens with zero attached hydrogens (tertiary/aromatic N) is 22. The first-order valence-corrected chi connectivity index (χ1v) is 38.5. The number of H-pyrrole nitrogens is 2. The molecule has 4 saturated heterocycles. The van der Waals surface area contributed by atoms with Crippen LogP contribution in [0.5, 0.6) is 0 Å². The van der Waals surface area contributed by atoms with Gasteiger partial charge in [0.2, 0.25) is 0 Å². The van der Waals surface area contributed by atoms with Crippen molar-refractivity contribution in [3.8, 4) is 0 Å². The number of piperazine rings is 1. The van der Waals surface area contributed by atoms with E-state index in [0.717, 1.165) is 59.0 Å². The molecule has 0 bridgehead atoms. The Labute approximate surface area is 675 Å². The second kappa shape index (κ2) is 94.1. The number of ether oxygens (including phenoxy) is 2. The van der Waals surface area contributed by atoms with E-state index in [2.05, 4.69) is 151 Å². The molecule has 0 aromatic carbocycles. The Bertz CT molecular complexity index is 2840. The van der Waals surface area contributed by atoms with Crippen molar-refractivity contribution in [2.24, 2.45) is 35.4 Å². The van der Waals surface area contributed by atoms with Gasteiger partial charge in [-0.1, -0.05) is 48.0 Å². The molecule has 8 aliphatic heterocycles. The molecule has 8 aliphatic rings.